The quantitative estimate of drug-likeness (QED) is 0.488. The lowest BCUT2D eigenvalue weighted by molar-refractivity contribution is 0.453. The molecule has 1 aliphatic heterocycles. The smallest absolute Gasteiger partial charge is 0.172 e. The zero-order valence-corrected chi connectivity index (χ0v) is 17.0. The molecule has 1 atom stereocenters. The number of nitrogen functional groups attached to an aromatic ring is 1. The second kappa shape index (κ2) is 7.76. The van der Waals surface area contributed by atoms with E-state index >= 15 is 0 Å². The first kappa shape index (κ1) is 18.6. The summed E-state index contributed by atoms with van der Waals surface area (Å²) in [7, 11) is 0. The van der Waals surface area contributed by atoms with E-state index in [1.165, 1.54) is 5.56 Å². The molecule has 7 heteroatoms. The average molecular weight is 400 g/mol. The highest BCUT2D eigenvalue weighted by atomic mass is 15.3. The Bertz CT molecular complexity index is 1170. The summed E-state index contributed by atoms with van der Waals surface area (Å²) in [5.41, 5.74) is 11.4. The van der Waals surface area contributed by atoms with Gasteiger partial charge in [0.15, 0.2) is 11.6 Å². The molecule has 0 amide bonds. The summed E-state index contributed by atoms with van der Waals surface area (Å²) in [4.78, 5) is 11.6. The molecule has 2 aromatic carbocycles. The van der Waals surface area contributed by atoms with E-state index in [1.54, 1.807) is 6.20 Å². The van der Waals surface area contributed by atoms with E-state index in [2.05, 4.69) is 55.7 Å². The van der Waals surface area contributed by atoms with Crippen molar-refractivity contribution in [3.8, 4) is 11.3 Å². The fraction of sp³-hybridized carbons (Fsp3) is 0.261. The van der Waals surface area contributed by atoms with Gasteiger partial charge in [0.2, 0.25) is 0 Å². The fourth-order valence-corrected chi connectivity index (χ4v) is 4.12. The number of hydrogen-bond donors (Lipinski definition) is 3. The molecule has 0 unspecified atom stereocenters. The summed E-state index contributed by atoms with van der Waals surface area (Å²) in [6.07, 6.45) is 2.72. The van der Waals surface area contributed by atoms with E-state index in [-0.39, 0.29) is 0 Å². The number of nitrogens with one attached hydrogen (secondary N) is 2. The van der Waals surface area contributed by atoms with Crippen LogP contribution in [0.15, 0.2) is 54.7 Å². The Morgan fingerprint density at radius 3 is 2.90 bits per heavy atom. The molecule has 0 spiro atoms. The number of aromatic nitrogens is 4. The number of nitrogens with zero attached hydrogens (tertiary/aromatic N) is 4. The normalized spacial score (nSPS) is 16.8. The van der Waals surface area contributed by atoms with Crippen molar-refractivity contribution in [3.05, 3.63) is 66.0 Å². The highest BCUT2D eigenvalue weighted by Gasteiger charge is 2.23. The maximum atomic E-state index is 6.24. The molecular weight excluding hydrogens is 374 g/mol. The van der Waals surface area contributed by atoms with Crippen LogP contribution in [0.1, 0.15) is 11.3 Å². The Labute approximate surface area is 175 Å². The molecule has 0 aliphatic carbocycles. The number of rotatable bonds is 4. The van der Waals surface area contributed by atoms with Crippen molar-refractivity contribution in [3.63, 3.8) is 0 Å². The summed E-state index contributed by atoms with van der Waals surface area (Å²) < 4.78 is 0. The molecule has 7 nitrogen and oxygen atoms in total. The van der Waals surface area contributed by atoms with Gasteiger partial charge in [0.05, 0.1) is 23.1 Å². The number of piperazine rings is 1. The van der Waals surface area contributed by atoms with Crippen LogP contribution < -0.4 is 16.0 Å². The zero-order chi connectivity index (χ0) is 20.5. The summed E-state index contributed by atoms with van der Waals surface area (Å²) in [6.45, 7) is 4.59. The number of H-pyrrole nitrogens is 1. The van der Waals surface area contributed by atoms with Gasteiger partial charge in [0.1, 0.15) is 0 Å². The first-order valence-electron chi connectivity index (χ1n) is 10.3. The van der Waals surface area contributed by atoms with E-state index in [1.807, 2.05) is 25.1 Å². The molecular formula is C23H25N7. The first-order chi connectivity index (χ1) is 14.7. The van der Waals surface area contributed by atoms with Crippen LogP contribution in [0.5, 0.6) is 0 Å². The molecule has 1 aliphatic rings. The Morgan fingerprint density at radius 2 is 2.03 bits per heavy atom. The minimum Gasteiger partial charge on any atom is -0.381 e. The van der Waals surface area contributed by atoms with Gasteiger partial charge in [-0.15, -0.1) is 0 Å². The minimum atomic E-state index is 0.343. The molecule has 4 N–H and O–H groups in total. The van der Waals surface area contributed by atoms with Crippen LogP contribution in [0, 0.1) is 6.92 Å². The third kappa shape index (κ3) is 3.59. The van der Waals surface area contributed by atoms with Gasteiger partial charge in [0.25, 0.3) is 0 Å². The molecule has 5 rings (SSSR count). The van der Waals surface area contributed by atoms with Crippen molar-refractivity contribution in [2.24, 2.45) is 0 Å². The van der Waals surface area contributed by atoms with Crippen molar-refractivity contribution in [1.29, 1.82) is 0 Å². The molecule has 0 bridgehead atoms. The van der Waals surface area contributed by atoms with Crippen LogP contribution in [0.4, 0.5) is 11.6 Å². The monoisotopic (exact) mass is 399 g/mol. The van der Waals surface area contributed by atoms with Crippen LogP contribution in [-0.4, -0.2) is 45.8 Å². The van der Waals surface area contributed by atoms with Crippen LogP contribution in [-0.2, 0) is 6.42 Å². The Morgan fingerprint density at radius 1 is 1.17 bits per heavy atom. The lowest BCUT2D eigenvalue weighted by Gasteiger charge is -2.35. The Hall–Kier alpha value is -3.45. The number of aromatic amines is 1. The van der Waals surface area contributed by atoms with Gasteiger partial charge < -0.3 is 16.0 Å². The molecule has 0 saturated carbocycles. The number of fused-ring (bicyclic) bond motifs is 1. The van der Waals surface area contributed by atoms with Crippen molar-refractivity contribution in [2.45, 2.75) is 19.4 Å². The van der Waals surface area contributed by atoms with Gasteiger partial charge in [-0.1, -0.05) is 36.4 Å². The third-order valence-electron chi connectivity index (χ3n) is 5.71. The molecule has 2 aromatic heterocycles. The van der Waals surface area contributed by atoms with Crippen molar-refractivity contribution in [1.82, 2.24) is 25.5 Å². The summed E-state index contributed by atoms with van der Waals surface area (Å²) in [5, 5.41) is 12.0. The minimum absolute atomic E-state index is 0.343. The first-order valence-corrected chi connectivity index (χ1v) is 10.3. The van der Waals surface area contributed by atoms with Crippen LogP contribution >= 0.6 is 0 Å². The maximum Gasteiger partial charge on any atom is 0.172 e. The number of aryl methyl sites for hydroxylation is 1. The molecule has 3 heterocycles. The number of anilines is 2. The van der Waals surface area contributed by atoms with Crippen LogP contribution in [0.25, 0.3) is 22.2 Å². The highest BCUT2D eigenvalue weighted by Crippen LogP contribution is 2.28. The summed E-state index contributed by atoms with van der Waals surface area (Å²) in [6, 6.07) is 17.1. The van der Waals surface area contributed by atoms with Gasteiger partial charge in [-0.25, -0.2) is 9.97 Å². The van der Waals surface area contributed by atoms with E-state index < -0.39 is 0 Å². The third-order valence-corrected chi connectivity index (χ3v) is 5.71. The Kier molecular flexibility index (Phi) is 4.80. The maximum absolute atomic E-state index is 6.24. The number of hydrogen-bond acceptors (Lipinski definition) is 6. The second-order valence-electron chi connectivity index (χ2n) is 7.82. The topological polar surface area (TPSA) is 95.8 Å². The largest absolute Gasteiger partial charge is 0.381 e. The highest BCUT2D eigenvalue weighted by molar-refractivity contribution is 5.86. The molecule has 1 fully saturated rings. The van der Waals surface area contributed by atoms with Crippen molar-refractivity contribution in [2.75, 3.05) is 30.3 Å². The SMILES string of the molecule is Cc1n[nH]c2ccc(-c3cnc(N)c(N4CCN[C@@H](Cc5ccccc5)C4)n3)cc12. The molecule has 30 heavy (non-hydrogen) atoms. The predicted octanol–water partition coefficient (Wildman–Crippen LogP) is 2.93. The lowest BCUT2D eigenvalue weighted by atomic mass is 10.0. The molecule has 1 saturated heterocycles. The Balaban J connectivity index is 1.41. The van der Waals surface area contributed by atoms with Gasteiger partial charge in [0, 0.05) is 36.6 Å². The number of benzene rings is 2. The fourth-order valence-electron chi connectivity index (χ4n) is 4.12. The zero-order valence-electron chi connectivity index (χ0n) is 17.0. The lowest BCUT2D eigenvalue weighted by Crippen LogP contribution is -2.52. The summed E-state index contributed by atoms with van der Waals surface area (Å²) >= 11 is 0. The van der Waals surface area contributed by atoms with Gasteiger partial charge in [-0.2, -0.15) is 5.10 Å². The standard InChI is InChI=1S/C23H25N7/c1-15-19-12-17(7-8-20(19)29-28-15)21-13-26-22(24)23(27-21)30-10-9-25-18(14-30)11-16-5-3-2-4-6-16/h2-8,12-13,18,25H,9-11,14H2,1H3,(H2,24,26)(H,28,29)/t18-/m0/s1. The van der Waals surface area contributed by atoms with E-state index in [0.29, 0.717) is 11.9 Å². The van der Waals surface area contributed by atoms with E-state index in [4.69, 9.17) is 10.7 Å². The van der Waals surface area contributed by atoms with Gasteiger partial charge in [-0.3, -0.25) is 5.10 Å². The van der Waals surface area contributed by atoms with Gasteiger partial charge >= 0.3 is 0 Å². The van der Waals surface area contributed by atoms with Crippen molar-refractivity contribution < 1.29 is 0 Å². The molecule has 4 aromatic rings. The average Bonchev–Trinajstić information content (AvgIpc) is 3.15. The van der Waals surface area contributed by atoms with Gasteiger partial charge in [-0.05, 0) is 31.0 Å². The van der Waals surface area contributed by atoms with Crippen molar-refractivity contribution >= 4 is 22.5 Å². The van der Waals surface area contributed by atoms with Crippen LogP contribution in [0.2, 0.25) is 0 Å². The predicted molar refractivity (Wildman–Crippen MR) is 120 cm³/mol. The van der Waals surface area contributed by atoms with Crippen LogP contribution in [0.3, 0.4) is 0 Å². The van der Waals surface area contributed by atoms with E-state index in [9.17, 15) is 0 Å². The summed E-state index contributed by atoms with van der Waals surface area (Å²) in [5.74, 6) is 1.23. The van der Waals surface area contributed by atoms with E-state index in [0.717, 1.165) is 59.7 Å². The molecule has 152 valence electrons. The molecule has 0 radical (unpaired) electrons. The number of nitrogens with two attached hydrogens (primary N) is 1. The second-order valence-corrected chi connectivity index (χ2v) is 7.82.